The molecular formula is C20H22ClN5OS. The molecule has 0 spiro atoms. The Morgan fingerprint density at radius 2 is 1.89 bits per heavy atom. The van der Waals surface area contributed by atoms with Gasteiger partial charge in [-0.1, -0.05) is 72.8 Å². The number of benzene rings is 2. The van der Waals surface area contributed by atoms with Gasteiger partial charge in [0.1, 0.15) is 0 Å². The van der Waals surface area contributed by atoms with Crippen molar-refractivity contribution in [2.75, 3.05) is 18.1 Å². The number of carbonyl (C=O) groups is 1. The van der Waals surface area contributed by atoms with E-state index in [1.807, 2.05) is 36.4 Å². The molecule has 1 amide bonds. The number of nitrogen functional groups attached to an aromatic ring is 1. The van der Waals surface area contributed by atoms with E-state index in [-0.39, 0.29) is 11.7 Å². The molecule has 0 saturated carbocycles. The van der Waals surface area contributed by atoms with Crippen LogP contribution in [0.25, 0.3) is 11.4 Å². The molecule has 6 nitrogen and oxygen atoms in total. The van der Waals surface area contributed by atoms with E-state index in [2.05, 4.69) is 34.6 Å². The minimum Gasteiger partial charge on any atom is -0.355 e. The van der Waals surface area contributed by atoms with Crippen LogP contribution >= 0.6 is 23.4 Å². The van der Waals surface area contributed by atoms with Gasteiger partial charge in [0.05, 0.1) is 10.8 Å². The summed E-state index contributed by atoms with van der Waals surface area (Å²) in [6, 6.07) is 17.5. The molecule has 3 N–H and O–H groups in total. The van der Waals surface area contributed by atoms with Gasteiger partial charge in [-0.3, -0.25) is 4.79 Å². The van der Waals surface area contributed by atoms with Crippen LogP contribution < -0.4 is 11.2 Å². The lowest BCUT2D eigenvalue weighted by Crippen LogP contribution is -2.29. The SMILES string of the molecule is CCC(CNC(=O)CSc1nnc(-c2ccccc2Cl)n1N)c1ccccc1. The molecule has 0 radical (unpaired) electrons. The van der Waals surface area contributed by atoms with Crippen molar-refractivity contribution in [3.8, 4) is 11.4 Å². The molecule has 2 aromatic carbocycles. The fourth-order valence-corrected chi connectivity index (χ4v) is 3.75. The standard InChI is InChI=1S/C20H22ClN5OS/c1-2-14(15-8-4-3-5-9-15)12-23-18(27)13-28-20-25-24-19(26(20)22)16-10-6-7-11-17(16)21/h3-11,14H,2,12-13,22H2,1H3,(H,23,27). The van der Waals surface area contributed by atoms with Gasteiger partial charge < -0.3 is 11.2 Å². The Morgan fingerprint density at radius 1 is 1.18 bits per heavy atom. The molecule has 0 bridgehead atoms. The molecule has 1 unspecified atom stereocenters. The topological polar surface area (TPSA) is 85.8 Å². The molecule has 0 aliphatic carbocycles. The third-order valence-corrected chi connectivity index (χ3v) is 5.69. The van der Waals surface area contributed by atoms with Gasteiger partial charge in [-0.05, 0) is 24.1 Å². The third-order valence-electron chi connectivity index (χ3n) is 4.42. The highest BCUT2D eigenvalue weighted by Crippen LogP contribution is 2.27. The predicted molar refractivity (Wildman–Crippen MR) is 114 cm³/mol. The van der Waals surface area contributed by atoms with Crippen molar-refractivity contribution in [1.29, 1.82) is 0 Å². The zero-order valence-electron chi connectivity index (χ0n) is 15.5. The van der Waals surface area contributed by atoms with Gasteiger partial charge in [0.2, 0.25) is 11.1 Å². The lowest BCUT2D eigenvalue weighted by Gasteiger charge is -2.16. The normalized spacial score (nSPS) is 11.9. The molecule has 3 rings (SSSR count). The number of hydrogen-bond acceptors (Lipinski definition) is 5. The highest BCUT2D eigenvalue weighted by atomic mass is 35.5. The van der Waals surface area contributed by atoms with Crippen LogP contribution in [0, 0.1) is 0 Å². The van der Waals surface area contributed by atoms with Crippen molar-refractivity contribution in [2.24, 2.45) is 0 Å². The number of rotatable bonds is 8. The van der Waals surface area contributed by atoms with Gasteiger partial charge in [-0.25, -0.2) is 4.68 Å². The van der Waals surface area contributed by atoms with Crippen LogP contribution in [-0.4, -0.2) is 33.1 Å². The first-order chi connectivity index (χ1) is 13.6. The van der Waals surface area contributed by atoms with E-state index in [1.54, 1.807) is 6.07 Å². The second-order valence-electron chi connectivity index (χ2n) is 6.26. The van der Waals surface area contributed by atoms with Gasteiger partial charge in [0.25, 0.3) is 0 Å². The smallest absolute Gasteiger partial charge is 0.230 e. The number of carbonyl (C=O) groups excluding carboxylic acids is 1. The zero-order valence-corrected chi connectivity index (χ0v) is 17.1. The molecular weight excluding hydrogens is 394 g/mol. The molecule has 146 valence electrons. The molecule has 0 aliphatic rings. The number of hydrogen-bond donors (Lipinski definition) is 2. The van der Waals surface area contributed by atoms with Crippen LogP contribution in [0.15, 0.2) is 59.8 Å². The highest BCUT2D eigenvalue weighted by molar-refractivity contribution is 7.99. The molecule has 1 aromatic heterocycles. The average Bonchev–Trinajstić information content (AvgIpc) is 3.08. The summed E-state index contributed by atoms with van der Waals surface area (Å²) >= 11 is 7.44. The molecule has 3 aromatic rings. The second kappa shape index (κ2) is 9.61. The Bertz CT molecular complexity index is 931. The van der Waals surface area contributed by atoms with Crippen molar-refractivity contribution in [3.05, 3.63) is 65.2 Å². The van der Waals surface area contributed by atoms with Crippen LogP contribution in [-0.2, 0) is 4.79 Å². The molecule has 8 heteroatoms. The fourth-order valence-electron chi connectivity index (χ4n) is 2.84. The number of halogens is 1. The van der Waals surface area contributed by atoms with Gasteiger partial charge >= 0.3 is 0 Å². The van der Waals surface area contributed by atoms with E-state index >= 15 is 0 Å². The minimum atomic E-state index is -0.0679. The molecule has 0 aliphatic heterocycles. The first-order valence-electron chi connectivity index (χ1n) is 9.00. The fraction of sp³-hybridized carbons (Fsp3) is 0.250. The molecule has 28 heavy (non-hydrogen) atoms. The van der Waals surface area contributed by atoms with Gasteiger partial charge in [0.15, 0.2) is 5.82 Å². The maximum atomic E-state index is 12.3. The summed E-state index contributed by atoms with van der Waals surface area (Å²) in [6.45, 7) is 2.71. The summed E-state index contributed by atoms with van der Waals surface area (Å²) in [4.78, 5) is 12.3. The maximum Gasteiger partial charge on any atom is 0.230 e. The van der Waals surface area contributed by atoms with Crippen LogP contribution in [0.3, 0.4) is 0 Å². The Labute approximate surface area is 173 Å². The van der Waals surface area contributed by atoms with Crippen molar-refractivity contribution in [2.45, 2.75) is 24.4 Å². The monoisotopic (exact) mass is 415 g/mol. The number of amides is 1. The maximum absolute atomic E-state index is 12.3. The average molecular weight is 416 g/mol. The predicted octanol–water partition coefficient (Wildman–Crippen LogP) is 3.71. The number of nitrogens with two attached hydrogens (primary N) is 1. The summed E-state index contributed by atoms with van der Waals surface area (Å²) in [6.07, 6.45) is 0.954. The largest absolute Gasteiger partial charge is 0.355 e. The second-order valence-corrected chi connectivity index (χ2v) is 7.61. The lowest BCUT2D eigenvalue weighted by molar-refractivity contribution is -0.118. The first kappa shape index (κ1) is 20.2. The first-order valence-corrected chi connectivity index (χ1v) is 10.4. The Hall–Kier alpha value is -2.51. The van der Waals surface area contributed by atoms with Crippen LogP contribution in [0.5, 0.6) is 0 Å². The highest BCUT2D eigenvalue weighted by Gasteiger charge is 2.16. The van der Waals surface area contributed by atoms with Crippen LogP contribution in [0.2, 0.25) is 5.02 Å². The minimum absolute atomic E-state index is 0.0679. The summed E-state index contributed by atoms with van der Waals surface area (Å²) in [5.41, 5.74) is 1.92. The summed E-state index contributed by atoms with van der Waals surface area (Å²) in [5, 5.41) is 12.2. The third kappa shape index (κ3) is 4.85. The van der Waals surface area contributed by atoms with Crippen molar-refractivity contribution >= 4 is 29.3 Å². The molecule has 1 atom stereocenters. The number of nitrogens with one attached hydrogen (secondary N) is 1. The van der Waals surface area contributed by atoms with Crippen molar-refractivity contribution in [3.63, 3.8) is 0 Å². The molecule has 0 fully saturated rings. The molecule has 1 heterocycles. The van der Waals surface area contributed by atoms with Gasteiger partial charge in [-0.2, -0.15) is 0 Å². The Balaban J connectivity index is 1.56. The van der Waals surface area contributed by atoms with E-state index in [4.69, 9.17) is 17.4 Å². The molecule has 0 saturated heterocycles. The summed E-state index contributed by atoms with van der Waals surface area (Å²) < 4.78 is 1.36. The van der Waals surface area contributed by atoms with E-state index in [0.717, 1.165) is 6.42 Å². The zero-order chi connectivity index (χ0) is 19.9. The van der Waals surface area contributed by atoms with E-state index in [9.17, 15) is 4.79 Å². The Morgan fingerprint density at radius 3 is 2.61 bits per heavy atom. The number of nitrogens with zero attached hydrogens (tertiary/aromatic N) is 3. The van der Waals surface area contributed by atoms with Crippen LogP contribution in [0.1, 0.15) is 24.8 Å². The summed E-state index contributed by atoms with van der Waals surface area (Å²) in [5.74, 6) is 6.99. The van der Waals surface area contributed by atoms with Crippen molar-refractivity contribution in [1.82, 2.24) is 20.2 Å². The van der Waals surface area contributed by atoms with E-state index < -0.39 is 0 Å². The Kier molecular flexibility index (Phi) is 6.95. The van der Waals surface area contributed by atoms with Gasteiger partial charge in [0, 0.05) is 18.0 Å². The van der Waals surface area contributed by atoms with Crippen molar-refractivity contribution < 1.29 is 4.79 Å². The summed E-state index contributed by atoms with van der Waals surface area (Å²) in [7, 11) is 0. The number of thioether (sulfide) groups is 1. The van der Waals surface area contributed by atoms with Gasteiger partial charge in [-0.15, -0.1) is 10.2 Å². The van der Waals surface area contributed by atoms with E-state index in [1.165, 1.54) is 22.0 Å². The van der Waals surface area contributed by atoms with E-state index in [0.29, 0.717) is 34.0 Å². The van der Waals surface area contributed by atoms with Crippen LogP contribution in [0.4, 0.5) is 0 Å². The lowest BCUT2D eigenvalue weighted by atomic mass is 9.96. The number of aromatic nitrogens is 3. The quantitative estimate of drug-likeness (QED) is 0.432.